The number of ether oxygens (including phenoxy) is 5. The van der Waals surface area contributed by atoms with Gasteiger partial charge in [0.05, 0.1) is 13.2 Å². The largest absolute Gasteiger partial charge is 0.482 e. The topological polar surface area (TPSA) is 141 Å². The Morgan fingerprint density at radius 1 is 0.558 bits per heavy atom. The van der Waals surface area contributed by atoms with Gasteiger partial charge in [0.1, 0.15) is 29.3 Å². The molecule has 0 radical (unpaired) electrons. The molecule has 0 amide bonds. The summed E-state index contributed by atoms with van der Waals surface area (Å²) < 4.78 is 36.5. The molecule has 2 heterocycles. The molecule has 0 aliphatic heterocycles. The van der Waals surface area contributed by atoms with E-state index in [4.69, 9.17) is 32.5 Å². The second kappa shape index (κ2) is 18.7. The Balaban J connectivity index is 0.000000202. The fraction of sp³-hybridized carbons (Fsp3) is 0.220. The van der Waals surface area contributed by atoms with Crippen LogP contribution in [0.5, 0.6) is 11.5 Å². The van der Waals surface area contributed by atoms with E-state index in [0.29, 0.717) is 42.5 Å². The van der Waals surface area contributed by atoms with Crippen LogP contribution in [0.3, 0.4) is 0 Å². The Labute approximate surface area is 299 Å². The lowest BCUT2D eigenvalue weighted by atomic mass is 10.0. The molecule has 0 spiro atoms. The zero-order chi connectivity index (χ0) is 36.7. The van der Waals surface area contributed by atoms with Gasteiger partial charge in [-0.3, -0.25) is 0 Å². The molecular weight excluding hydrogens is 668 g/mol. The highest BCUT2D eigenvalue weighted by Crippen LogP contribution is 2.31. The van der Waals surface area contributed by atoms with Gasteiger partial charge in [0.15, 0.2) is 13.2 Å². The number of hydrogen-bond donors (Lipinski definition) is 0. The van der Waals surface area contributed by atoms with Crippen molar-refractivity contribution < 1.29 is 42.1 Å². The van der Waals surface area contributed by atoms with Crippen molar-refractivity contribution in [2.45, 2.75) is 20.3 Å². The molecule has 0 fully saturated rings. The minimum atomic E-state index is -0.491. The third-order valence-electron chi connectivity index (χ3n) is 7.48. The normalized spacial score (nSPS) is 10.7. The van der Waals surface area contributed by atoms with Crippen molar-refractivity contribution in [3.8, 4) is 33.8 Å². The molecule has 0 saturated heterocycles. The van der Waals surface area contributed by atoms with Gasteiger partial charge < -0.3 is 32.5 Å². The summed E-state index contributed by atoms with van der Waals surface area (Å²) in [5, 5.41) is 1.58. The highest BCUT2D eigenvalue weighted by atomic mass is 16.6. The molecule has 0 saturated carbocycles. The van der Waals surface area contributed by atoms with E-state index in [-0.39, 0.29) is 19.8 Å². The van der Waals surface area contributed by atoms with E-state index >= 15 is 0 Å². The van der Waals surface area contributed by atoms with Gasteiger partial charge >= 0.3 is 23.2 Å². The zero-order valence-corrected chi connectivity index (χ0v) is 28.8. The van der Waals surface area contributed by atoms with E-state index < -0.39 is 23.2 Å². The molecule has 52 heavy (non-hydrogen) atoms. The number of hydrogen-bond acceptors (Lipinski definition) is 11. The quantitative estimate of drug-likeness (QED) is 0.0645. The summed E-state index contributed by atoms with van der Waals surface area (Å²) >= 11 is 0. The van der Waals surface area contributed by atoms with E-state index in [0.717, 1.165) is 39.4 Å². The third kappa shape index (κ3) is 10.4. The van der Waals surface area contributed by atoms with E-state index in [1.165, 1.54) is 12.1 Å². The fourth-order valence-corrected chi connectivity index (χ4v) is 5.12. The molecule has 6 aromatic rings. The van der Waals surface area contributed by atoms with Crippen molar-refractivity contribution in [2.24, 2.45) is 0 Å². The van der Waals surface area contributed by atoms with Crippen LogP contribution in [-0.4, -0.2) is 51.6 Å². The van der Waals surface area contributed by atoms with Gasteiger partial charge in [0, 0.05) is 41.6 Å². The van der Waals surface area contributed by atoms with Crippen LogP contribution in [0.15, 0.2) is 128 Å². The number of rotatable bonds is 14. The van der Waals surface area contributed by atoms with Crippen LogP contribution in [0.2, 0.25) is 0 Å². The molecule has 268 valence electrons. The minimum absolute atomic E-state index is 0.184. The monoisotopic (exact) mass is 706 g/mol. The molecule has 0 N–H and O–H groups in total. The average molecular weight is 707 g/mol. The number of carbonyl (C=O) groups is 2. The van der Waals surface area contributed by atoms with Crippen LogP contribution in [0.1, 0.15) is 20.3 Å². The van der Waals surface area contributed by atoms with Gasteiger partial charge in [0.25, 0.3) is 0 Å². The molecule has 0 aliphatic carbocycles. The highest BCUT2D eigenvalue weighted by molar-refractivity contribution is 5.94. The first-order chi connectivity index (χ1) is 25.3. The maximum atomic E-state index is 11.9. The Bertz CT molecular complexity index is 2210. The number of esters is 2. The van der Waals surface area contributed by atoms with E-state index in [9.17, 15) is 19.2 Å². The van der Waals surface area contributed by atoms with Gasteiger partial charge in [-0.05, 0) is 59.9 Å². The van der Waals surface area contributed by atoms with Crippen molar-refractivity contribution in [1.29, 1.82) is 0 Å². The molecular formula is C41H38O11. The van der Waals surface area contributed by atoms with Crippen molar-refractivity contribution in [3.63, 3.8) is 0 Å². The van der Waals surface area contributed by atoms with E-state index in [1.54, 1.807) is 30.3 Å². The van der Waals surface area contributed by atoms with Crippen LogP contribution in [0.25, 0.3) is 44.2 Å². The van der Waals surface area contributed by atoms with Gasteiger partial charge in [-0.25, -0.2) is 19.2 Å². The molecule has 0 bridgehead atoms. The molecule has 0 aliphatic rings. The first-order valence-corrected chi connectivity index (χ1v) is 16.8. The molecule has 4 aromatic carbocycles. The molecule has 0 unspecified atom stereocenters. The van der Waals surface area contributed by atoms with E-state index in [1.807, 2.05) is 80.6 Å². The molecule has 11 heteroatoms. The Morgan fingerprint density at radius 3 is 1.46 bits per heavy atom. The van der Waals surface area contributed by atoms with Crippen molar-refractivity contribution in [1.82, 2.24) is 0 Å². The lowest BCUT2D eigenvalue weighted by Gasteiger charge is -2.09. The van der Waals surface area contributed by atoms with Gasteiger partial charge in [-0.2, -0.15) is 0 Å². The second-order valence-corrected chi connectivity index (χ2v) is 11.2. The van der Waals surface area contributed by atoms with Crippen molar-refractivity contribution in [2.75, 3.05) is 39.6 Å². The molecule has 0 atom stereocenters. The first kappa shape index (κ1) is 37.1. The van der Waals surface area contributed by atoms with Crippen LogP contribution in [-0.2, 0) is 23.8 Å². The predicted molar refractivity (Wildman–Crippen MR) is 196 cm³/mol. The van der Waals surface area contributed by atoms with Crippen LogP contribution in [0, 0.1) is 0 Å². The summed E-state index contributed by atoms with van der Waals surface area (Å²) in [5.74, 6) is -0.0670. The van der Waals surface area contributed by atoms with Crippen molar-refractivity contribution in [3.05, 3.63) is 130 Å². The Hall–Kier alpha value is -6.20. The zero-order valence-electron chi connectivity index (χ0n) is 28.8. The smallest absolute Gasteiger partial charge is 0.344 e. The van der Waals surface area contributed by atoms with Gasteiger partial charge in [-0.15, -0.1) is 0 Å². The second-order valence-electron chi connectivity index (χ2n) is 11.2. The summed E-state index contributed by atoms with van der Waals surface area (Å²) in [7, 11) is 0. The maximum Gasteiger partial charge on any atom is 0.344 e. The summed E-state index contributed by atoms with van der Waals surface area (Å²) in [6.45, 7) is 4.84. The maximum absolute atomic E-state index is 11.9. The van der Waals surface area contributed by atoms with E-state index in [2.05, 4.69) is 0 Å². The predicted octanol–water partition coefficient (Wildman–Crippen LogP) is 7.21. The SMILES string of the molecule is CCCOC(=O)COc1ccc2c(-c3ccccc3)cc(=O)oc2c1.CCOCCOC(=O)COc1ccc2c(-c3ccccc3)cc(=O)oc2c1. The van der Waals surface area contributed by atoms with Gasteiger partial charge in [0.2, 0.25) is 0 Å². The van der Waals surface area contributed by atoms with Crippen LogP contribution >= 0.6 is 0 Å². The van der Waals surface area contributed by atoms with Gasteiger partial charge in [-0.1, -0.05) is 67.6 Å². The standard InChI is InChI=1S/C21H20O6.C20H18O5/c1-2-24-10-11-25-21(23)14-26-16-8-9-17-18(15-6-4-3-5-7-15)13-20(22)27-19(17)12-16;1-2-10-23-20(22)13-24-15-8-9-16-17(14-6-4-3-5-7-14)12-19(21)25-18(16)11-15/h3-9,12-13H,2,10-11,14H2,1H3;3-9,11-12H,2,10,13H2,1H3. The lowest BCUT2D eigenvalue weighted by Crippen LogP contribution is -2.17. The summed E-state index contributed by atoms with van der Waals surface area (Å²) in [5.41, 5.74) is 3.33. The lowest BCUT2D eigenvalue weighted by molar-refractivity contribution is -0.147. The summed E-state index contributed by atoms with van der Waals surface area (Å²) in [4.78, 5) is 47.0. The fourth-order valence-electron chi connectivity index (χ4n) is 5.12. The Kier molecular flexibility index (Phi) is 13.3. The number of benzene rings is 4. The average Bonchev–Trinajstić information content (AvgIpc) is 3.17. The first-order valence-electron chi connectivity index (χ1n) is 16.8. The third-order valence-corrected chi connectivity index (χ3v) is 7.48. The minimum Gasteiger partial charge on any atom is -0.482 e. The molecule has 2 aromatic heterocycles. The summed E-state index contributed by atoms with van der Waals surface area (Å²) in [6, 6.07) is 32.4. The highest BCUT2D eigenvalue weighted by Gasteiger charge is 2.12. The van der Waals surface area contributed by atoms with Crippen LogP contribution < -0.4 is 20.7 Å². The summed E-state index contributed by atoms with van der Waals surface area (Å²) in [6.07, 6.45) is 0.759. The molecule has 6 rings (SSSR count). The number of carbonyl (C=O) groups excluding carboxylic acids is 2. The van der Waals surface area contributed by atoms with Crippen molar-refractivity contribution >= 4 is 33.9 Å². The molecule has 11 nitrogen and oxygen atoms in total. The Morgan fingerprint density at radius 2 is 1.02 bits per heavy atom. The number of fused-ring (bicyclic) bond motifs is 2. The van der Waals surface area contributed by atoms with Crippen LogP contribution in [0.4, 0.5) is 0 Å².